The summed E-state index contributed by atoms with van der Waals surface area (Å²) in [7, 11) is 0. The highest BCUT2D eigenvalue weighted by molar-refractivity contribution is 5.79. The molecular weight excluding hydrogens is 501 g/mol. The van der Waals surface area contributed by atoms with Crippen LogP contribution in [-0.2, 0) is 4.79 Å². The van der Waals surface area contributed by atoms with Gasteiger partial charge in [0.15, 0.2) is 5.58 Å². The summed E-state index contributed by atoms with van der Waals surface area (Å²) in [6.45, 7) is 6.06. The molecule has 0 aliphatic carbocycles. The molecule has 0 aliphatic rings. The Bertz CT molecular complexity index is 1520. The number of hydrogen-bond acceptors (Lipinski definition) is 9. The number of nitrogens with one attached hydrogen (secondary N) is 3. The molecule has 4 rings (SSSR count). The van der Waals surface area contributed by atoms with E-state index in [1.807, 2.05) is 32.9 Å². The van der Waals surface area contributed by atoms with E-state index in [4.69, 9.17) is 14.3 Å². The van der Waals surface area contributed by atoms with Crippen LogP contribution < -0.4 is 16.4 Å². The maximum atomic E-state index is 11.4. The van der Waals surface area contributed by atoms with Crippen molar-refractivity contribution in [2.75, 3.05) is 10.6 Å². The van der Waals surface area contributed by atoms with Crippen molar-refractivity contribution in [1.82, 2.24) is 15.0 Å². The summed E-state index contributed by atoms with van der Waals surface area (Å²) < 4.78 is 36.7. The number of hydrogen-bond donors (Lipinski definition) is 4. The largest absolute Gasteiger partial charge is 0.490 e. The van der Waals surface area contributed by atoms with Gasteiger partial charge in [0.1, 0.15) is 6.20 Å². The lowest BCUT2D eigenvalue weighted by Crippen LogP contribution is -2.21. The average molecular weight is 520 g/mol. The van der Waals surface area contributed by atoms with Gasteiger partial charge in [0.2, 0.25) is 11.8 Å². The first-order valence-electron chi connectivity index (χ1n) is 10.3. The Hall–Kier alpha value is -4.95. The van der Waals surface area contributed by atoms with Crippen LogP contribution in [0.25, 0.3) is 11.1 Å². The van der Waals surface area contributed by atoms with Gasteiger partial charge in [0.25, 0.3) is 0 Å². The Kier molecular flexibility index (Phi) is 7.45. The number of aromatic nitrogens is 3. The maximum absolute atomic E-state index is 11.4. The Morgan fingerprint density at radius 3 is 2.30 bits per heavy atom. The number of aryl methyl sites for hydroxylation is 2. The van der Waals surface area contributed by atoms with E-state index in [0.29, 0.717) is 16.8 Å². The van der Waals surface area contributed by atoms with E-state index in [0.717, 1.165) is 23.0 Å². The van der Waals surface area contributed by atoms with Gasteiger partial charge >= 0.3 is 23.6 Å². The lowest BCUT2D eigenvalue weighted by Gasteiger charge is -2.12. The van der Waals surface area contributed by atoms with Crippen LogP contribution in [0.4, 0.5) is 42.0 Å². The Morgan fingerprint density at radius 1 is 1.11 bits per heavy atom. The summed E-state index contributed by atoms with van der Waals surface area (Å²) in [5.74, 6) is -3.11. The molecule has 194 valence electrons. The van der Waals surface area contributed by atoms with Gasteiger partial charge in [-0.15, -0.1) is 0 Å². The summed E-state index contributed by atoms with van der Waals surface area (Å²) in [5.41, 5.74) is 5.26. The fraction of sp³-hybridized carbons (Fsp3) is 0.182. The highest BCUT2D eigenvalue weighted by atomic mass is 19.4. The first-order chi connectivity index (χ1) is 17.2. The van der Waals surface area contributed by atoms with Crippen molar-refractivity contribution in [3.8, 4) is 0 Å². The molecule has 15 heteroatoms. The SMILES string of the molecule is Cc1cc(Nc2ncc([N+](=O)[O-])c(Nc3ccc4oc(=O)[nH]c4c3)n2)cc(C)c1C.O=C(O)C(F)(F)F. The number of carboxylic acid groups (broad SMARTS) is 1. The molecule has 4 N–H and O–H groups in total. The monoisotopic (exact) mass is 520 g/mol. The quantitative estimate of drug-likeness (QED) is 0.210. The summed E-state index contributed by atoms with van der Waals surface area (Å²) in [6.07, 6.45) is -3.94. The molecule has 0 aliphatic heterocycles. The molecule has 12 nitrogen and oxygen atoms in total. The first kappa shape index (κ1) is 26.7. The normalized spacial score (nSPS) is 11.0. The van der Waals surface area contributed by atoms with Crippen LogP contribution in [0.2, 0.25) is 0 Å². The second kappa shape index (κ2) is 10.3. The predicted molar refractivity (Wildman–Crippen MR) is 126 cm³/mol. The van der Waals surface area contributed by atoms with Crippen LogP contribution in [-0.4, -0.2) is 37.1 Å². The van der Waals surface area contributed by atoms with Crippen LogP contribution in [0, 0.1) is 30.9 Å². The van der Waals surface area contributed by atoms with Crippen molar-refractivity contribution in [1.29, 1.82) is 0 Å². The van der Waals surface area contributed by atoms with Crippen molar-refractivity contribution < 1.29 is 32.4 Å². The van der Waals surface area contributed by atoms with Gasteiger partial charge in [-0.2, -0.15) is 18.2 Å². The zero-order valence-electron chi connectivity index (χ0n) is 19.4. The summed E-state index contributed by atoms with van der Waals surface area (Å²) in [6, 6.07) is 8.74. The number of alkyl halides is 3. The number of oxazole rings is 1. The lowest BCUT2D eigenvalue weighted by atomic mass is 10.0. The molecule has 0 bridgehead atoms. The fourth-order valence-electron chi connectivity index (χ4n) is 3.06. The number of rotatable bonds is 5. The van der Waals surface area contributed by atoms with Crippen LogP contribution in [0.1, 0.15) is 16.7 Å². The number of nitrogens with zero attached hydrogens (tertiary/aromatic N) is 3. The molecule has 37 heavy (non-hydrogen) atoms. The molecular formula is C22H19F3N6O6. The number of benzene rings is 2. The van der Waals surface area contributed by atoms with Crippen molar-refractivity contribution in [2.45, 2.75) is 26.9 Å². The number of carboxylic acids is 1. The Balaban J connectivity index is 0.000000479. The summed E-state index contributed by atoms with van der Waals surface area (Å²) >= 11 is 0. The highest BCUT2D eigenvalue weighted by Gasteiger charge is 2.38. The molecule has 0 unspecified atom stereocenters. The smallest absolute Gasteiger partial charge is 0.475 e. The van der Waals surface area contributed by atoms with Gasteiger partial charge in [-0.05, 0) is 67.8 Å². The first-order valence-corrected chi connectivity index (χ1v) is 10.3. The second-order valence-corrected chi connectivity index (χ2v) is 7.70. The minimum atomic E-state index is -5.08. The minimum absolute atomic E-state index is 0.0169. The Morgan fingerprint density at radius 2 is 1.73 bits per heavy atom. The second-order valence-electron chi connectivity index (χ2n) is 7.70. The van der Waals surface area contributed by atoms with Gasteiger partial charge in [-0.3, -0.25) is 15.1 Å². The summed E-state index contributed by atoms with van der Waals surface area (Å²) in [5, 5.41) is 24.6. The molecule has 2 aromatic heterocycles. The third-order valence-electron chi connectivity index (χ3n) is 5.07. The number of H-pyrrole nitrogens is 1. The van der Waals surface area contributed by atoms with E-state index in [-0.39, 0.29) is 17.5 Å². The summed E-state index contributed by atoms with van der Waals surface area (Å²) in [4.78, 5) is 42.0. The molecule has 4 aromatic rings. The number of carbonyl (C=O) groups is 1. The molecule has 2 aromatic carbocycles. The number of aromatic amines is 1. The molecule has 0 atom stereocenters. The van der Waals surface area contributed by atoms with E-state index in [1.165, 1.54) is 5.56 Å². The highest BCUT2D eigenvalue weighted by Crippen LogP contribution is 2.28. The molecule has 0 amide bonds. The molecule has 0 saturated carbocycles. The number of nitro groups is 1. The van der Waals surface area contributed by atoms with Crippen LogP contribution in [0.3, 0.4) is 0 Å². The molecule has 0 fully saturated rings. The van der Waals surface area contributed by atoms with Crippen LogP contribution >= 0.6 is 0 Å². The Labute approximate surface area is 205 Å². The number of halogens is 3. The van der Waals surface area contributed by atoms with Gasteiger partial charge < -0.3 is 20.2 Å². The van der Waals surface area contributed by atoms with E-state index in [2.05, 4.69) is 25.6 Å². The average Bonchev–Trinajstić information content (AvgIpc) is 3.16. The van der Waals surface area contributed by atoms with E-state index in [9.17, 15) is 28.1 Å². The topological polar surface area (TPSA) is 176 Å². The standard InChI is InChI=1S/C20H18N6O4.C2HF3O2/c1-10-6-14(7-11(2)12(10)3)23-19-21-9-16(26(28)29)18(25-19)22-13-4-5-17-15(8-13)24-20(27)30-17;3-2(4,5)1(6)7/h4-9H,1-3H3,(H,24,27)(H2,21,22,23,25);(H,6,7). The van der Waals surface area contributed by atoms with Crippen molar-refractivity contribution in [3.63, 3.8) is 0 Å². The third-order valence-corrected chi connectivity index (χ3v) is 5.07. The minimum Gasteiger partial charge on any atom is -0.475 e. The molecule has 0 spiro atoms. The van der Waals surface area contributed by atoms with E-state index in [1.54, 1.807) is 18.2 Å². The van der Waals surface area contributed by atoms with Crippen LogP contribution in [0.15, 0.2) is 45.7 Å². The molecule has 0 radical (unpaired) electrons. The number of anilines is 4. The fourth-order valence-corrected chi connectivity index (χ4v) is 3.06. The van der Waals surface area contributed by atoms with Crippen molar-refractivity contribution in [3.05, 3.63) is 73.9 Å². The van der Waals surface area contributed by atoms with Gasteiger partial charge in [-0.1, -0.05) is 0 Å². The van der Waals surface area contributed by atoms with Gasteiger partial charge in [0.05, 0.1) is 10.4 Å². The zero-order valence-corrected chi connectivity index (χ0v) is 19.4. The number of fused-ring (bicyclic) bond motifs is 1. The van der Waals surface area contributed by atoms with Crippen molar-refractivity contribution in [2.24, 2.45) is 0 Å². The predicted octanol–water partition coefficient (Wildman–Crippen LogP) is 4.87. The third kappa shape index (κ3) is 6.59. The zero-order chi connectivity index (χ0) is 27.5. The van der Waals surface area contributed by atoms with E-state index >= 15 is 0 Å². The van der Waals surface area contributed by atoms with Crippen LogP contribution in [0.5, 0.6) is 0 Å². The van der Waals surface area contributed by atoms with Gasteiger partial charge in [-0.25, -0.2) is 14.6 Å². The lowest BCUT2D eigenvalue weighted by molar-refractivity contribution is -0.384. The van der Waals surface area contributed by atoms with E-state index < -0.39 is 22.8 Å². The molecule has 0 saturated heterocycles. The number of aliphatic carboxylic acids is 1. The maximum Gasteiger partial charge on any atom is 0.490 e. The molecule has 2 heterocycles. The van der Waals surface area contributed by atoms with Gasteiger partial charge in [0, 0.05) is 11.4 Å². The van der Waals surface area contributed by atoms with Crippen molar-refractivity contribution >= 4 is 45.9 Å².